The molecule has 0 aliphatic rings. The highest BCUT2D eigenvalue weighted by Crippen LogP contribution is 2.38. The standard InChI is InChI=1S/C48H33NO/c1-2-9-34(10-3-1)37-21-26-44(27-22-37)49(46-30-25-35-11-4-5-12-41(35)32-46)45-28-23-38(24-29-45)36-17-19-39(20-18-36)40-14-8-15-42(31-40)48-33-43-13-6-7-16-47(43)50-48/h1-33H. The predicted octanol–water partition coefficient (Wildman–Crippen LogP) is 13.7. The lowest BCUT2D eigenvalue weighted by atomic mass is 9.98. The van der Waals surface area contributed by atoms with Gasteiger partial charge < -0.3 is 9.32 Å². The van der Waals surface area contributed by atoms with Crippen LogP contribution in [0.2, 0.25) is 0 Å². The number of hydrogen-bond donors (Lipinski definition) is 0. The highest BCUT2D eigenvalue weighted by molar-refractivity contribution is 5.90. The maximum absolute atomic E-state index is 6.14. The average Bonchev–Trinajstić information content (AvgIpc) is 3.64. The van der Waals surface area contributed by atoms with E-state index >= 15 is 0 Å². The van der Waals surface area contributed by atoms with Crippen LogP contribution in [0.5, 0.6) is 0 Å². The summed E-state index contributed by atoms with van der Waals surface area (Å²) in [6.07, 6.45) is 0. The molecular formula is C48H33NO. The van der Waals surface area contributed by atoms with Gasteiger partial charge in [0.25, 0.3) is 0 Å². The van der Waals surface area contributed by atoms with Crippen molar-refractivity contribution < 1.29 is 4.42 Å². The molecule has 8 aromatic carbocycles. The minimum atomic E-state index is 0.884. The number of anilines is 3. The van der Waals surface area contributed by atoms with Crippen molar-refractivity contribution in [2.45, 2.75) is 0 Å². The fourth-order valence-electron chi connectivity index (χ4n) is 6.83. The van der Waals surface area contributed by atoms with Crippen LogP contribution in [0.25, 0.3) is 66.4 Å². The number of hydrogen-bond acceptors (Lipinski definition) is 2. The first kappa shape index (κ1) is 29.5. The number of nitrogens with zero attached hydrogens (tertiary/aromatic N) is 1. The van der Waals surface area contributed by atoms with Gasteiger partial charge in [-0.05, 0) is 98.8 Å². The fourth-order valence-corrected chi connectivity index (χ4v) is 6.83. The molecule has 1 heterocycles. The topological polar surface area (TPSA) is 16.4 Å². The molecule has 0 amide bonds. The number of para-hydroxylation sites is 1. The zero-order valence-electron chi connectivity index (χ0n) is 27.4. The highest BCUT2D eigenvalue weighted by atomic mass is 16.3. The van der Waals surface area contributed by atoms with Gasteiger partial charge in [0.15, 0.2) is 0 Å². The first-order valence-corrected chi connectivity index (χ1v) is 17.0. The Hall–Kier alpha value is -6.64. The lowest BCUT2D eigenvalue weighted by molar-refractivity contribution is 0.631. The Kier molecular flexibility index (Phi) is 7.53. The molecule has 0 saturated heterocycles. The average molecular weight is 640 g/mol. The van der Waals surface area contributed by atoms with Crippen molar-refractivity contribution in [3.05, 3.63) is 200 Å². The summed E-state index contributed by atoms with van der Waals surface area (Å²) in [6, 6.07) is 71.1. The number of rotatable bonds is 7. The molecule has 0 N–H and O–H groups in total. The highest BCUT2D eigenvalue weighted by Gasteiger charge is 2.14. The van der Waals surface area contributed by atoms with Crippen molar-refractivity contribution in [1.82, 2.24) is 0 Å². The van der Waals surface area contributed by atoms with Gasteiger partial charge in [-0.15, -0.1) is 0 Å². The van der Waals surface area contributed by atoms with Gasteiger partial charge in [-0.3, -0.25) is 0 Å². The van der Waals surface area contributed by atoms with Gasteiger partial charge >= 0.3 is 0 Å². The van der Waals surface area contributed by atoms with Gasteiger partial charge in [-0.25, -0.2) is 0 Å². The maximum Gasteiger partial charge on any atom is 0.135 e. The summed E-state index contributed by atoms with van der Waals surface area (Å²) in [5.74, 6) is 0.884. The molecular weight excluding hydrogens is 607 g/mol. The van der Waals surface area contributed by atoms with E-state index < -0.39 is 0 Å². The summed E-state index contributed by atoms with van der Waals surface area (Å²) < 4.78 is 6.14. The van der Waals surface area contributed by atoms with Crippen molar-refractivity contribution in [2.75, 3.05) is 4.90 Å². The Balaban J connectivity index is 1.01. The van der Waals surface area contributed by atoms with Gasteiger partial charge in [0, 0.05) is 28.0 Å². The molecule has 0 unspecified atom stereocenters. The van der Waals surface area contributed by atoms with Gasteiger partial charge in [-0.2, -0.15) is 0 Å². The molecule has 0 saturated carbocycles. The summed E-state index contributed by atoms with van der Waals surface area (Å²) in [7, 11) is 0. The van der Waals surface area contributed by atoms with Crippen LogP contribution in [0.3, 0.4) is 0 Å². The van der Waals surface area contributed by atoms with Crippen LogP contribution in [0.15, 0.2) is 205 Å². The SMILES string of the molecule is c1ccc(-c2ccc(N(c3ccc(-c4ccc(-c5cccc(-c6cc7ccccc7o6)c5)cc4)cc3)c3ccc4ccccc4c3)cc2)cc1. The number of benzene rings is 8. The van der Waals surface area contributed by atoms with Gasteiger partial charge in [0.2, 0.25) is 0 Å². The van der Waals surface area contributed by atoms with Gasteiger partial charge in [0.05, 0.1) is 0 Å². The van der Waals surface area contributed by atoms with Gasteiger partial charge in [0.1, 0.15) is 11.3 Å². The second-order valence-corrected chi connectivity index (χ2v) is 12.6. The van der Waals surface area contributed by atoms with Crippen LogP contribution in [-0.4, -0.2) is 0 Å². The fraction of sp³-hybridized carbons (Fsp3) is 0. The number of furan rings is 1. The largest absolute Gasteiger partial charge is 0.456 e. The summed E-state index contributed by atoms with van der Waals surface area (Å²) in [6.45, 7) is 0. The lowest BCUT2D eigenvalue weighted by Crippen LogP contribution is -2.09. The summed E-state index contributed by atoms with van der Waals surface area (Å²) in [5.41, 5.74) is 12.4. The van der Waals surface area contributed by atoms with E-state index in [2.05, 4.69) is 187 Å². The normalized spacial score (nSPS) is 11.2. The van der Waals surface area contributed by atoms with Crippen LogP contribution in [0.1, 0.15) is 0 Å². The lowest BCUT2D eigenvalue weighted by Gasteiger charge is -2.26. The minimum Gasteiger partial charge on any atom is -0.456 e. The molecule has 0 radical (unpaired) electrons. The van der Waals surface area contributed by atoms with E-state index in [1.807, 2.05) is 18.2 Å². The minimum absolute atomic E-state index is 0.884. The van der Waals surface area contributed by atoms with E-state index in [9.17, 15) is 0 Å². The molecule has 0 aliphatic carbocycles. The van der Waals surface area contributed by atoms with Crippen LogP contribution in [-0.2, 0) is 0 Å². The third kappa shape index (κ3) is 5.74. The summed E-state index contributed by atoms with van der Waals surface area (Å²) in [4.78, 5) is 2.34. The Morgan fingerprint density at radius 3 is 1.42 bits per heavy atom. The van der Waals surface area contributed by atoms with E-state index in [1.165, 1.54) is 38.6 Å². The molecule has 9 aromatic rings. The monoisotopic (exact) mass is 639 g/mol. The first-order valence-electron chi connectivity index (χ1n) is 17.0. The van der Waals surface area contributed by atoms with Crippen LogP contribution in [0, 0.1) is 0 Å². The molecule has 2 nitrogen and oxygen atoms in total. The quantitative estimate of drug-likeness (QED) is 0.173. The van der Waals surface area contributed by atoms with Crippen LogP contribution < -0.4 is 4.90 Å². The second-order valence-electron chi connectivity index (χ2n) is 12.6. The van der Waals surface area contributed by atoms with Crippen LogP contribution >= 0.6 is 0 Å². The molecule has 0 atom stereocenters. The number of fused-ring (bicyclic) bond motifs is 2. The van der Waals surface area contributed by atoms with E-state index in [-0.39, 0.29) is 0 Å². The van der Waals surface area contributed by atoms with Crippen molar-refractivity contribution in [3.63, 3.8) is 0 Å². The third-order valence-electron chi connectivity index (χ3n) is 9.47. The first-order chi connectivity index (χ1) is 24.7. The summed E-state index contributed by atoms with van der Waals surface area (Å²) in [5, 5.41) is 3.57. The van der Waals surface area contributed by atoms with E-state index in [0.29, 0.717) is 0 Å². The van der Waals surface area contributed by atoms with Crippen LogP contribution in [0.4, 0.5) is 17.1 Å². The molecule has 2 heteroatoms. The van der Waals surface area contributed by atoms with E-state index in [4.69, 9.17) is 4.42 Å². The zero-order valence-corrected chi connectivity index (χ0v) is 27.4. The molecule has 50 heavy (non-hydrogen) atoms. The molecule has 236 valence electrons. The Morgan fingerprint density at radius 1 is 0.280 bits per heavy atom. The third-order valence-corrected chi connectivity index (χ3v) is 9.47. The zero-order chi connectivity index (χ0) is 33.3. The molecule has 9 rings (SSSR count). The van der Waals surface area contributed by atoms with E-state index in [1.54, 1.807) is 0 Å². The Bertz CT molecular complexity index is 2530. The second kappa shape index (κ2) is 12.8. The van der Waals surface area contributed by atoms with Gasteiger partial charge in [-0.1, -0.05) is 146 Å². The Labute approximate surface area is 292 Å². The predicted molar refractivity (Wildman–Crippen MR) is 210 cm³/mol. The molecule has 0 fully saturated rings. The molecule has 0 spiro atoms. The van der Waals surface area contributed by atoms with Crippen molar-refractivity contribution in [3.8, 4) is 44.7 Å². The van der Waals surface area contributed by atoms with Crippen molar-refractivity contribution in [1.29, 1.82) is 0 Å². The smallest absolute Gasteiger partial charge is 0.135 e. The Morgan fingerprint density at radius 2 is 0.760 bits per heavy atom. The van der Waals surface area contributed by atoms with Crippen molar-refractivity contribution in [2.24, 2.45) is 0 Å². The maximum atomic E-state index is 6.14. The summed E-state index contributed by atoms with van der Waals surface area (Å²) >= 11 is 0. The molecule has 0 bridgehead atoms. The molecule has 0 aliphatic heterocycles. The van der Waals surface area contributed by atoms with Crippen molar-refractivity contribution >= 4 is 38.8 Å². The molecule has 1 aromatic heterocycles. The van der Waals surface area contributed by atoms with E-state index in [0.717, 1.165) is 44.9 Å².